The van der Waals surface area contributed by atoms with E-state index < -0.39 is 11.9 Å². The van der Waals surface area contributed by atoms with E-state index in [-0.39, 0.29) is 13.2 Å². The van der Waals surface area contributed by atoms with Gasteiger partial charge in [0.05, 0.1) is 0 Å². The van der Waals surface area contributed by atoms with Crippen molar-refractivity contribution in [3.8, 4) is 0 Å². The SMILES string of the molecule is C=CCc1ccccc1COC(=O)/C=C\C(=O)OCc1ccccc1CC=C. The Labute approximate surface area is 165 Å². The van der Waals surface area contributed by atoms with Crippen LogP contribution >= 0.6 is 0 Å². The zero-order valence-corrected chi connectivity index (χ0v) is 15.8. The zero-order chi connectivity index (χ0) is 20.2. The number of hydrogen-bond donors (Lipinski definition) is 0. The first kappa shape index (κ1) is 20.9. The highest BCUT2D eigenvalue weighted by molar-refractivity contribution is 5.91. The topological polar surface area (TPSA) is 52.6 Å². The molecule has 0 saturated carbocycles. The number of carbonyl (C=O) groups excluding carboxylic acids is 2. The van der Waals surface area contributed by atoms with E-state index in [9.17, 15) is 9.59 Å². The molecule has 0 radical (unpaired) electrons. The van der Waals surface area contributed by atoms with E-state index in [0.29, 0.717) is 12.8 Å². The fourth-order valence-corrected chi connectivity index (χ4v) is 2.64. The Bertz CT molecular complexity index is 793. The first-order valence-corrected chi connectivity index (χ1v) is 9.01. The Balaban J connectivity index is 1.83. The van der Waals surface area contributed by atoms with Gasteiger partial charge in [-0.05, 0) is 35.1 Å². The van der Waals surface area contributed by atoms with Gasteiger partial charge in [0.25, 0.3) is 0 Å². The first-order chi connectivity index (χ1) is 13.6. The molecule has 2 aromatic rings. The van der Waals surface area contributed by atoms with Gasteiger partial charge < -0.3 is 9.47 Å². The molecule has 0 saturated heterocycles. The summed E-state index contributed by atoms with van der Waals surface area (Å²) in [5.41, 5.74) is 3.91. The van der Waals surface area contributed by atoms with Crippen LogP contribution < -0.4 is 0 Å². The third kappa shape index (κ3) is 6.72. The fraction of sp³-hybridized carbons (Fsp3) is 0.167. The molecule has 0 unspecified atom stereocenters. The third-order valence-corrected chi connectivity index (χ3v) is 4.06. The van der Waals surface area contributed by atoms with Gasteiger partial charge in [-0.3, -0.25) is 0 Å². The van der Waals surface area contributed by atoms with Crippen molar-refractivity contribution in [1.82, 2.24) is 0 Å². The maximum absolute atomic E-state index is 11.9. The van der Waals surface area contributed by atoms with E-state index in [2.05, 4.69) is 13.2 Å². The van der Waals surface area contributed by atoms with Crippen LogP contribution in [0.15, 0.2) is 86.0 Å². The molecule has 0 aliphatic carbocycles. The first-order valence-electron chi connectivity index (χ1n) is 9.01. The molecule has 2 aromatic carbocycles. The summed E-state index contributed by atoms with van der Waals surface area (Å²) in [5, 5.41) is 0. The molecule has 0 aromatic heterocycles. The van der Waals surface area contributed by atoms with Crippen molar-refractivity contribution in [3.63, 3.8) is 0 Å². The van der Waals surface area contributed by atoms with E-state index in [1.54, 1.807) is 12.2 Å². The lowest BCUT2D eigenvalue weighted by molar-refractivity contribution is -0.141. The largest absolute Gasteiger partial charge is 0.458 e. The standard InChI is InChI=1S/C24H24O4/c1-3-9-19-11-5-7-13-21(19)17-27-23(25)15-16-24(26)28-18-22-14-8-6-12-20(22)10-4-2/h3-8,11-16H,1-2,9-10,17-18H2/b16-15-. The normalized spacial score (nSPS) is 10.4. The Kier molecular flexibility index (Phi) is 8.47. The minimum Gasteiger partial charge on any atom is -0.458 e. The van der Waals surface area contributed by atoms with E-state index in [0.717, 1.165) is 34.4 Å². The summed E-state index contributed by atoms with van der Waals surface area (Å²) in [6.07, 6.45) is 7.14. The molecule has 0 atom stereocenters. The number of carbonyl (C=O) groups is 2. The summed E-state index contributed by atoms with van der Waals surface area (Å²) in [6.45, 7) is 7.71. The molecule has 0 amide bonds. The maximum Gasteiger partial charge on any atom is 0.331 e. The van der Waals surface area contributed by atoms with Crippen LogP contribution in [0.1, 0.15) is 22.3 Å². The van der Waals surface area contributed by atoms with Crippen LogP contribution in [0.5, 0.6) is 0 Å². The van der Waals surface area contributed by atoms with E-state index in [4.69, 9.17) is 9.47 Å². The van der Waals surface area contributed by atoms with Crippen molar-refractivity contribution >= 4 is 11.9 Å². The number of esters is 2. The minimum absolute atomic E-state index is 0.136. The molecule has 0 aliphatic rings. The maximum atomic E-state index is 11.9. The van der Waals surface area contributed by atoms with Crippen molar-refractivity contribution < 1.29 is 19.1 Å². The second kappa shape index (κ2) is 11.3. The van der Waals surface area contributed by atoms with Gasteiger partial charge in [-0.25, -0.2) is 9.59 Å². The molecule has 2 rings (SSSR count). The molecule has 0 bridgehead atoms. The summed E-state index contributed by atoms with van der Waals surface area (Å²) >= 11 is 0. The van der Waals surface area contributed by atoms with Crippen LogP contribution in [-0.4, -0.2) is 11.9 Å². The monoisotopic (exact) mass is 376 g/mol. The lowest BCUT2D eigenvalue weighted by Crippen LogP contribution is -2.06. The molecule has 0 heterocycles. The minimum atomic E-state index is -0.600. The smallest absolute Gasteiger partial charge is 0.331 e. The fourth-order valence-electron chi connectivity index (χ4n) is 2.64. The lowest BCUT2D eigenvalue weighted by Gasteiger charge is -2.08. The van der Waals surface area contributed by atoms with Crippen molar-refractivity contribution in [1.29, 1.82) is 0 Å². The highest BCUT2D eigenvalue weighted by atomic mass is 16.5. The van der Waals surface area contributed by atoms with Crippen LogP contribution in [0.25, 0.3) is 0 Å². The van der Waals surface area contributed by atoms with Crippen LogP contribution in [0.4, 0.5) is 0 Å². The molecular formula is C24H24O4. The van der Waals surface area contributed by atoms with Gasteiger partial charge in [-0.1, -0.05) is 60.7 Å². The predicted molar refractivity (Wildman–Crippen MR) is 109 cm³/mol. The average Bonchev–Trinajstić information content (AvgIpc) is 2.71. The van der Waals surface area contributed by atoms with E-state index in [1.807, 2.05) is 48.5 Å². The second-order valence-electron chi connectivity index (χ2n) is 6.07. The molecule has 4 heteroatoms. The summed E-state index contributed by atoms with van der Waals surface area (Å²) in [5.74, 6) is -1.20. The number of benzene rings is 2. The van der Waals surface area contributed by atoms with Crippen LogP contribution in [-0.2, 0) is 45.1 Å². The highest BCUT2D eigenvalue weighted by Gasteiger charge is 2.06. The molecule has 0 aliphatic heterocycles. The third-order valence-electron chi connectivity index (χ3n) is 4.06. The molecule has 0 fully saturated rings. The van der Waals surface area contributed by atoms with E-state index in [1.165, 1.54) is 0 Å². The van der Waals surface area contributed by atoms with E-state index >= 15 is 0 Å². The van der Waals surface area contributed by atoms with Crippen molar-refractivity contribution in [3.05, 3.63) is 108 Å². The summed E-state index contributed by atoms with van der Waals surface area (Å²) < 4.78 is 10.4. The molecule has 28 heavy (non-hydrogen) atoms. The average molecular weight is 376 g/mol. The predicted octanol–water partition coefficient (Wildman–Crippen LogP) is 4.49. The summed E-state index contributed by atoms with van der Waals surface area (Å²) in [7, 11) is 0. The summed E-state index contributed by atoms with van der Waals surface area (Å²) in [4.78, 5) is 23.7. The Morgan fingerprint density at radius 1 is 0.679 bits per heavy atom. The Hall–Kier alpha value is -3.40. The van der Waals surface area contributed by atoms with Gasteiger partial charge in [0.2, 0.25) is 0 Å². The van der Waals surface area contributed by atoms with Crippen LogP contribution in [0, 0.1) is 0 Å². The molecule has 144 valence electrons. The molecule has 4 nitrogen and oxygen atoms in total. The quantitative estimate of drug-likeness (QED) is 0.348. The molecule has 0 N–H and O–H groups in total. The van der Waals surface area contributed by atoms with Crippen molar-refractivity contribution in [2.45, 2.75) is 26.1 Å². The van der Waals surface area contributed by atoms with Gasteiger partial charge in [0.15, 0.2) is 0 Å². The number of ether oxygens (including phenoxy) is 2. The van der Waals surface area contributed by atoms with Gasteiger partial charge in [0.1, 0.15) is 13.2 Å². The van der Waals surface area contributed by atoms with Crippen molar-refractivity contribution in [2.24, 2.45) is 0 Å². The van der Waals surface area contributed by atoms with Gasteiger partial charge in [0, 0.05) is 12.2 Å². The van der Waals surface area contributed by atoms with Gasteiger partial charge >= 0.3 is 11.9 Å². The number of hydrogen-bond acceptors (Lipinski definition) is 4. The van der Waals surface area contributed by atoms with Crippen LogP contribution in [0.3, 0.4) is 0 Å². The molecule has 0 spiro atoms. The van der Waals surface area contributed by atoms with Crippen molar-refractivity contribution in [2.75, 3.05) is 0 Å². The van der Waals surface area contributed by atoms with Gasteiger partial charge in [-0.15, -0.1) is 13.2 Å². The Morgan fingerprint density at radius 2 is 1.04 bits per heavy atom. The number of rotatable bonds is 10. The zero-order valence-electron chi connectivity index (χ0n) is 15.8. The van der Waals surface area contributed by atoms with Crippen LogP contribution in [0.2, 0.25) is 0 Å². The van der Waals surface area contributed by atoms with Gasteiger partial charge in [-0.2, -0.15) is 0 Å². The second-order valence-corrected chi connectivity index (χ2v) is 6.07. The highest BCUT2D eigenvalue weighted by Crippen LogP contribution is 2.12. The number of allylic oxidation sites excluding steroid dienone is 2. The molecular weight excluding hydrogens is 352 g/mol. The lowest BCUT2D eigenvalue weighted by atomic mass is 10.1. The summed E-state index contributed by atoms with van der Waals surface area (Å²) in [6, 6.07) is 15.3. The Morgan fingerprint density at radius 3 is 1.39 bits per heavy atom.